The smallest absolute Gasteiger partial charge is 0.138 e. The van der Waals surface area contributed by atoms with E-state index < -0.39 is 0 Å². The van der Waals surface area contributed by atoms with E-state index in [-0.39, 0.29) is 0 Å². The highest BCUT2D eigenvalue weighted by Gasteiger charge is 2.17. The van der Waals surface area contributed by atoms with Crippen LogP contribution in [0.1, 0.15) is 18.4 Å². The molecule has 0 bridgehead atoms. The van der Waals surface area contributed by atoms with Gasteiger partial charge >= 0.3 is 0 Å². The SMILES string of the molecule is c1cc(-c2ccsc2)c2cc(-c3n[nH]c4ccc(-c5cncc(CN6CCCC6)c5)nc34)[nH]c2n1. The van der Waals surface area contributed by atoms with Crippen LogP contribution in [0, 0.1) is 0 Å². The molecule has 1 aliphatic heterocycles. The van der Waals surface area contributed by atoms with E-state index in [0.29, 0.717) is 0 Å². The minimum atomic E-state index is 0.789. The molecule has 0 aliphatic carbocycles. The number of aromatic amines is 2. The first-order chi connectivity index (χ1) is 17.3. The summed E-state index contributed by atoms with van der Waals surface area (Å²) in [6.45, 7) is 3.27. The van der Waals surface area contributed by atoms with Crippen LogP contribution in [0.15, 0.2) is 65.7 Å². The second kappa shape index (κ2) is 8.41. The molecule has 0 spiro atoms. The van der Waals surface area contributed by atoms with Crippen LogP contribution < -0.4 is 0 Å². The Kier molecular flexibility index (Phi) is 4.92. The second-order valence-electron chi connectivity index (χ2n) is 9.05. The van der Waals surface area contributed by atoms with Crippen molar-refractivity contribution in [2.45, 2.75) is 19.4 Å². The lowest BCUT2D eigenvalue weighted by Crippen LogP contribution is -2.18. The molecule has 7 nitrogen and oxygen atoms in total. The first-order valence-electron chi connectivity index (χ1n) is 11.8. The van der Waals surface area contributed by atoms with Gasteiger partial charge in [-0.15, -0.1) is 0 Å². The first kappa shape index (κ1) is 20.5. The summed E-state index contributed by atoms with van der Waals surface area (Å²) in [6.07, 6.45) is 8.27. The van der Waals surface area contributed by atoms with Gasteiger partial charge in [0.1, 0.15) is 16.9 Å². The Labute approximate surface area is 205 Å². The van der Waals surface area contributed by atoms with Crippen molar-refractivity contribution in [1.29, 1.82) is 0 Å². The number of hydrogen-bond donors (Lipinski definition) is 2. The number of H-pyrrole nitrogens is 2. The topological polar surface area (TPSA) is 86.4 Å². The highest BCUT2D eigenvalue weighted by Crippen LogP contribution is 2.34. The Morgan fingerprint density at radius 2 is 1.94 bits per heavy atom. The van der Waals surface area contributed by atoms with E-state index in [9.17, 15) is 0 Å². The van der Waals surface area contributed by atoms with Crippen molar-refractivity contribution < 1.29 is 0 Å². The predicted octanol–water partition coefficient (Wildman–Crippen LogP) is 5.89. The molecule has 1 fully saturated rings. The van der Waals surface area contributed by atoms with Gasteiger partial charge in [-0.3, -0.25) is 15.0 Å². The van der Waals surface area contributed by atoms with Crippen molar-refractivity contribution in [3.8, 4) is 33.8 Å². The van der Waals surface area contributed by atoms with Crippen LogP contribution in [0.2, 0.25) is 0 Å². The fraction of sp³-hybridized carbons (Fsp3) is 0.185. The minimum absolute atomic E-state index is 0.789. The van der Waals surface area contributed by atoms with E-state index in [1.54, 1.807) is 11.3 Å². The molecule has 6 aromatic rings. The number of nitrogens with one attached hydrogen (secondary N) is 2. The molecule has 7 heterocycles. The van der Waals surface area contributed by atoms with E-state index >= 15 is 0 Å². The Bertz CT molecular complexity index is 1640. The summed E-state index contributed by atoms with van der Waals surface area (Å²) in [5.74, 6) is 0. The zero-order chi connectivity index (χ0) is 23.2. The molecule has 0 atom stereocenters. The van der Waals surface area contributed by atoms with Crippen molar-refractivity contribution >= 4 is 33.4 Å². The van der Waals surface area contributed by atoms with Gasteiger partial charge in [0.25, 0.3) is 0 Å². The number of pyridine rings is 3. The lowest BCUT2D eigenvalue weighted by atomic mass is 10.1. The number of hydrogen-bond acceptors (Lipinski definition) is 6. The maximum atomic E-state index is 5.01. The number of likely N-dealkylation sites (tertiary alicyclic amines) is 1. The highest BCUT2D eigenvalue weighted by atomic mass is 32.1. The van der Waals surface area contributed by atoms with E-state index in [1.807, 2.05) is 30.7 Å². The summed E-state index contributed by atoms with van der Waals surface area (Å²) < 4.78 is 0. The van der Waals surface area contributed by atoms with Gasteiger partial charge in [-0.05, 0) is 89.8 Å². The zero-order valence-electron chi connectivity index (χ0n) is 19.0. The van der Waals surface area contributed by atoms with E-state index in [0.717, 1.165) is 56.8 Å². The Morgan fingerprint density at radius 1 is 1.00 bits per heavy atom. The molecular formula is C27H23N7S. The van der Waals surface area contributed by atoms with Crippen molar-refractivity contribution in [2.24, 2.45) is 0 Å². The highest BCUT2D eigenvalue weighted by molar-refractivity contribution is 7.08. The maximum Gasteiger partial charge on any atom is 0.138 e. The van der Waals surface area contributed by atoms with Gasteiger partial charge in [-0.1, -0.05) is 0 Å². The van der Waals surface area contributed by atoms with Crippen LogP contribution in [-0.4, -0.2) is 48.1 Å². The predicted molar refractivity (Wildman–Crippen MR) is 140 cm³/mol. The van der Waals surface area contributed by atoms with Crippen molar-refractivity contribution in [2.75, 3.05) is 13.1 Å². The molecule has 0 radical (unpaired) electrons. The molecule has 0 amide bonds. The largest absolute Gasteiger partial charge is 0.338 e. The average molecular weight is 478 g/mol. The molecule has 0 aromatic carbocycles. The third-order valence-corrected chi connectivity index (χ3v) is 7.41. The number of aromatic nitrogens is 6. The van der Waals surface area contributed by atoms with Gasteiger partial charge in [0.15, 0.2) is 0 Å². The lowest BCUT2D eigenvalue weighted by Gasteiger charge is -2.14. The van der Waals surface area contributed by atoms with Crippen molar-refractivity contribution in [1.82, 2.24) is 35.0 Å². The van der Waals surface area contributed by atoms with Crippen LogP contribution in [-0.2, 0) is 6.54 Å². The molecule has 6 aromatic heterocycles. The first-order valence-corrected chi connectivity index (χ1v) is 12.8. The normalized spacial score (nSPS) is 14.4. The fourth-order valence-electron chi connectivity index (χ4n) is 4.98. The summed E-state index contributed by atoms with van der Waals surface area (Å²) in [5, 5.41) is 13.1. The van der Waals surface area contributed by atoms with Gasteiger partial charge in [0.05, 0.1) is 16.9 Å². The lowest BCUT2D eigenvalue weighted by molar-refractivity contribution is 0.331. The molecule has 35 heavy (non-hydrogen) atoms. The van der Waals surface area contributed by atoms with Crippen LogP contribution in [0.5, 0.6) is 0 Å². The summed E-state index contributed by atoms with van der Waals surface area (Å²) in [6, 6.07) is 12.6. The monoisotopic (exact) mass is 477 g/mol. The number of thiophene rings is 1. The zero-order valence-corrected chi connectivity index (χ0v) is 19.8. The molecular weight excluding hydrogens is 454 g/mol. The van der Waals surface area contributed by atoms with Crippen molar-refractivity contribution in [3.05, 3.63) is 71.3 Å². The Balaban J connectivity index is 1.28. The van der Waals surface area contributed by atoms with Gasteiger partial charge in [0.2, 0.25) is 0 Å². The van der Waals surface area contributed by atoms with Gasteiger partial charge in [-0.2, -0.15) is 16.4 Å². The van der Waals surface area contributed by atoms with E-state index in [1.165, 1.54) is 37.1 Å². The van der Waals surface area contributed by atoms with Crippen LogP contribution >= 0.6 is 11.3 Å². The van der Waals surface area contributed by atoms with Crippen LogP contribution in [0.25, 0.3) is 55.8 Å². The molecule has 0 saturated carbocycles. The summed E-state index contributed by atoms with van der Waals surface area (Å²) in [7, 11) is 0. The number of nitrogens with zero attached hydrogens (tertiary/aromatic N) is 5. The summed E-state index contributed by atoms with van der Waals surface area (Å²) in [5.41, 5.74) is 9.75. The summed E-state index contributed by atoms with van der Waals surface area (Å²) >= 11 is 1.69. The van der Waals surface area contributed by atoms with E-state index in [4.69, 9.17) is 4.98 Å². The van der Waals surface area contributed by atoms with Crippen molar-refractivity contribution in [3.63, 3.8) is 0 Å². The molecule has 7 rings (SSSR count). The van der Waals surface area contributed by atoms with Gasteiger partial charge in [0, 0.05) is 36.1 Å². The van der Waals surface area contributed by atoms with Gasteiger partial charge in [-0.25, -0.2) is 9.97 Å². The second-order valence-corrected chi connectivity index (χ2v) is 9.83. The Hall–Kier alpha value is -3.88. The number of rotatable bonds is 5. The summed E-state index contributed by atoms with van der Waals surface area (Å²) in [4.78, 5) is 20.0. The van der Waals surface area contributed by atoms with Gasteiger partial charge < -0.3 is 4.98 Å². The third-order valence-electron chi connectivity index (χ3n) is 6.72. The molecule has 8 heteroatoms. The maximum absolute atomic E-state index is 5.01. The fourth-order valence-corrected chi connectivity index (χ4v) is 5.64. The quantitative estimate of drug-likeness (QED) is 0.323. The number of fused-ring (bicyclic) bond motifs is 2. The Morgan fingerprint density at radius 3 is 2.83 bits per heavy atom. The molecule has 1 aliphatic rings. The molecule has 1 saturated heterocycles. The van der Waals surface area contributed by atoms with Crippen LogP contribution in [0.4, 0.5) is 0 Å². The minimum Gasteiger partial charge on any atom is -0.338 e. The standard InChI is InChI=1S/C27H23N7S/c1-2-9-34(8-1)15-17-11-19(14-28-13-17)22-3-4-23-25(30-22)26(33-32-23)24-12-21-20(18-6-10-35-16-18)5-7-29-27(21)31-24/h3-7,10-14,16H,1-2,8-9,15H2,(H,29,31)(H,32,33). The average Bonchev–Trinajstić information content (AvgIpc) is 3.70. The molecule has 2 N–H and O–H groups in total. The molecule has 0 unspecified atom stereocenters. The molecule has 172 valence electrons. The third kappa shape index (κ3) is 3.71. The van der Waals surface area contributed by atoms with E-state index in [2.05, 4.69) is 65.1 Å². The van der Waals surface area contributed by atoms with Crippen LogP contribution in [0.3, 0.4) is 0 Å².